The number of methoxy groups -OCH3 is 1. The molecular weight excluding hydrogens is 376 g/mol. The largest absolute Gasteiger partial charge is 0.495 e. The Morgan fingerprint density at radius 2 is 1.69 bits per heavy atom. The third-order valence-electron chi connectivity index (χ3n) is 4.21. The van der Waals surface area contributed by atoms with Gasteiger partial charge in [-0.25, -0.2) is 8.42 Å². The summed E-state index contributed by atoms with van der Waals surface area (Å²) in [6.45, 7) is 9.62. The van der Waals surface area contributed by atoms with Gasteiger partial charge in [0.25, 0.3) is 0 Å². The van der Waals surface area contributed by atoms with Crippen molar-refractivity contribution in [2.45, 2.75) is 46.7 Å². The Morgan fingerprint density at radius 3 is 2.12 bits per heavy atom. The van der Waals surface area contributed by atoms with Crippen molar-refractivity contribution in [2.75, 3.05) is 17.7 Å². The monoisotopic (exact) mass is 404 g/mol. The highest BCUT2D eigenvalue weighted by atomic mass is 35.5. The Hall–Kier alpha value is -1.47. The summed E-state index contributed by atoms with van der Waals surface area (Å²) >= 11 is 6.04. The van der Waals surface area contributed by atoms with E-state index in [2.05, 4.69) is 5.32 Å². The summed E-state index contributed by atoms with van der Waals surface area (Å²) in [6, 6.07) is 3.63. The number of nitrogens with one attached hydrogen (secondary N) is 1. The number of sulfonamides is 1. The predicted octanol–water partition coefficient (Wildman–Crippen LogP) is 3.30. The molecule has 1 amide bonds. The Balaban J connectivity index is 3.31. The lowest BCUT2D eigenvalue weighted by Gasteiger charge is -2.32. The van der Waals surface area contributed by atoms with Gasteiger partial charge in [-0.2, -0.15) is 0 Å². The lowest BCUT2D eigenvalue weighted by atomic mass is 9.93. The van der Waals surface area contributed by atoms with E-state index in [1.54, 1.807) is 19.1 Å². The van der Waals surface area contributed by atoms with Crippen LogP contribution in [0, 0.1) is 11.8 Å². The van der Waals surface area contributed by atoms with Gasteiger partial charge in [0.1, 0.15) is 11.8 Å². The molecule has 1 aromatic rings. The Kier molecular flexibility index (Phi) is 7.77. The average molecular weight is 405 g/mol. The lowest BCUT2D eigenvalue weighted by Crippen LogP contribution is -2.52. The second-order valence-corrected chi connectivity index (χ2v) is 9.37. The molecule has 0 saturated carbocycles. The van der Waals surface area contributed by atoms with Gasteiger partial charge in [0, 0.05) is 11.1 Å². The van der Waals surface area contributed by atoms with Gasteiger partial charge in [-0.3, -0.25) is 9.10 Å². The maximum absolute atomic E-state index is 12.8. The van der Waals surface area contributed by atoms with Gasteiger partial charge in [0.2, 0.25) is 15.9 Å². The highest BCUT2D eigenvalue weighted by Crippen LogP contribution is 2.34. The molecule has 1 atom stereocenters. The summed E-state index contributed by atoms with van der Waals surface area (Å²) in [6.07, 6.45) is 1.06. The van der Waals surface area contributed by atoms with Crippen molar-refractivity contribution in [1.29, 1.82) is 0 Å². The van der Waals surface area contributed by atoms with Crippen molar-refractivity contribution < 1.29 is 17.9 Å². The molecule has 1 aromatic carbocycles. The molecule has 26 heavy (non-hydrogen) atoms. The van der Waals surface area contributed by atoms with Gasteiger partial charge in [0.05, 0.1) is 19.1 Å². The van der Waals surface area contributed by atoms with Crippen LogP contribution in [0.5, 0.6) is 5.75 Å². The van der Waals surface area contributed by atoms with E-state index >= 15 is 0 Å². The van der Waals surface area contributed by atoms with Gasteiger partial charge >= 0.3 is 0 Å². The Labute approximate surface area is 161 Å². The van der Waals surface area contributed by atoms with E-state index in [1.807, 2.05) is 27.7 Å². The molecule has 0 saturated heterocycles. The molecule has 0 heterocycles. The molecule has 1 rings (SSSR count). The number of halogens is 1. The van der Waals surface area contributed by atoms with Gasteiger partial charge in [-0.05, 0) is 37.0 Å². The Morgan fingerprint density at radius 1 is 1.15 bits per heavy atom. The number of rotatable bonds is 8. The van der Waals surface area contributed by atoms with Crippen molar-refractivity contribution in [1.82, 2.24) is 5.32 Å². The van der Waals surface area contributed by atoms with Crippen LogP contribution in [0.15, 0.2) is 18.2 Å². The molecule has 8 heteroatoms. The topological polar surface area (TPSA) is 75.7 Å². The second kappa shape index (κ2) is 8.95. The van der Waals surface area contributed by atoms with E-state index in [-0.39, 0.29) is 29.5 Å². The zero-order chi connectivity index (χ0) is 20.2. The number of carbonyl (C=O) groups is 1. The van der Waals surface area contributed by atoms with E-state index < -0.39 is 16.1 Å². The third kappa shape index (κ3) is 5.51. The standard InChI is InChI=1S/C18H29ClN2O4S/c1-11(2)17(12(3)4)20-18(22)13(5)21(26(7,23)24)15-10-14(19)8-9-16(15)25-6/h8-13,17H,1-7H3,(H,20,22)/t13-/m0/s1. The summed E-state index contributed by atoms with van der Waals surface area (Å²) in [4.78, 5) is 12.8. The fourth-order valence-electron chi connectivity index (χ4n) is 3.00. The molecule has 148 valence electrons. The van der Waals surface area contributed by atoms with Crippen molar-refractivity contribution in [3.05, 3.63) is 23.2 Å². The number of anilines is 1. The van der Waals surface area contributed by atoms with Gasteiger partial charge < -0.3 is 10.1 Å². The number of nitrogens with zero attached hydrogens (tertiary/aromatic N) is 1. The number of hydrogen-bond donors (Lipinski definition) is 1. The molecule has 0 fully saturated rings. The number of benzene rings is 1. The van der Waals surface area contributed by atoms with E-state index in [0.29, 0.717) is 10.8 Å². The summed E-state index contributed by atoms with van der Waals surface area (Å²) in [5.41, 5.74) is 0.232. The van der Waals surface area contributed by atoms with Gasteiger partial charge in [-0.1, -0.05) is 39.3 Å². The summed E-state index contributed by atoms with van der Waals surface area (Å²) in [5.74, 6) is 0.394. The molecule has 6 nitrogen and oxygen atoms in total. The minimum absolute atomic E-state index is 0.0624. The first-order valence-corrected chi connectivity index (χ1v) is 10.8. The van der Waals surface area contributed by atoms with Crippen LogP contribution < -0.4 is 14.4 Å². The van der Waals surface area contributed by atoms with Crippen molar-refractivity contribution >= 4 is 33.2 Å². The van der Waals surface area contributed by atoms with Crippen molar-refractivity contribution in [3.8, 4) is 5.75 Å². The van der Waals surface area contributed by atoms with Gasteiger partial charge in [-0.15, -0.1) is 0 Å². The molecule has 0 radical (unpaired) electrons. The zero-order valence-electron chi connectivity index (χ0n) is 16.4. The van der Waals surface area contributed by atoms with E-state index in [9.17, 15) is 13.2 Å². The van der Waals surface area contributed by atoms with Crippen molar-refractivity contribution in [2.24, 2.45) is 11.8 Å². The highest BCUT2D eigenvalue weighted by Gasteiger charge is 2.33. The molecular formula is C18H29ClN2O4S. The van der Waals surface area contributed by atoms with Crippen LogP contribution in [-0.4, -0.2) is 39.8 Å². The van der Waals surface area contributed by atoms with Crippen molar-refractivity contribution in [3.63, 3.8) is 0 Å². The van der Waals surface area contributed by atoms with Crippen LogP contribution in [0.1, 0.15) is 34.6 Å². The second-order valence-electron chi connectivity index (χ2n) is 7.07. The number of hydrogen-bond acceptors (Lipinski definition) is 4. The zero-order valence-corrected chi connectivity index (χ0v) is 18.0. The van der Waals surface area contributed by atoms with E-state index in [1.165, 1.54) is 13.2 Å². The summed E-state index contributed by atoms with van der Waals surface area (Å²) < 4.78 is 31.2. The molecule has 1 N–H and O–H groups in total. The number of carbonyl (C=O) groups excluding carboxylic acids is 1. The molecule has 0 aliphatic carbocycles. The predicted molar refractivity (Wildman–Crippen MR) is 106 cm³/mol. The molecule has 0 spiro atoms. The first-order valence-electron chi connectivity index (χ1n) is 8.53. The SMILES string of the molecule is COc1ccc(Cl)cc1N([C@@H](C)C(=O)NC(C(C)C)C(C)C)S(C)(=O)=O. The first kappa shape index (κ1) is 22.6. The van der Waals surface area contributed by atoms with Crippen LogP contribution in [0.25, 0.3) is 0 Å². The average Bonchev–Trinajstić information content (AvgIpc) is 2.50. The maximum atomic E-state index is 12.8. The summed E-state index contributed by atoms with van der Waals surface area (Å²) in [5, 5.41) is 3.32. The molecule has 0 unspecified atom stereocenters. The molecule has 0 aliphatic heterocycles. The normalized spacial score (nSPS) is 13.2. The van der Waals surface area contributed by atoms with Crippen LogP contribution in [-0.2, 0) is 14.8 Å². The number of amides is 1. The fourth-order valence-corrected chi connectivity index (χ4v) is 4.34. The third-order valence-corrected chi connectivity index (χ3v) is 5.67. The fraction of sp³-hybridized carbons (Fsp3) is 0.611. The van der Waals surface area contributed by atoms with Gasteiger partial charge in [0.15, 0.2) is 0 Å². The molecule has 0 aromatic heterocycles. The summed E-state index contributed by atoms with van der Waals surface area (Å²) in [7, 11) is -2.32. The minimum atomic E-state index is -3.75. The van der Waals surface area contributed by atoms with Crippen LogP contribution in [0.3, 0.4) is 0 Å². The van der Waals surface area contributed by atoms with Crippen LogP contribution >= 0.6 is 11.6 Å². The first-order chi connectivity index (χ1) is 11.9. The maximum Gasteiger partial charge on any atom is 0.243 e. The van der Waals surface area contributed by atoms with E-state index in [4.69, 9.17) is 16.3 Å². The quantitative estimate of drug-likeness (QED) is 0.721. The van der Waals surface area contributed by atoms with Crippen LogP contribution in [0.2, 0.25) is 5.02 Å². The molecule has 0 bridgehead atoms. The van der Waals surface area contributed by atoms with Crippen LogP contribution in [0.4, 0.5) is 5.69 Å². The lowest BCUT2D eigenvalue weighted by molar-refractivity contribution is -0.123. The Bertz CT molecular complexity index is 727. The number of ether oxygens (including phenoxy) is 1. The van der Waals surface area contributed by atoms with E-state index in [0.717, 1.165) is 10.6 Å². The molecule has 0 aliphatic rings. The highest BCUT2D eigenvalue weighted by molar-refractivity contribution is 7.92. The minimum Gasteiger partial charge on any atom is -0.495 e. The smallest absolute Gasteiger partial charge is 0.243 e.